The van der Waals surface area contributed by atoms with Gasteiger partial charge in [-0.25, -0.2) is 19.8 Å². The van der Waals surface area contributed by atoms with Crippen molar-refractivity contribution >= 4 is 35.1 Å². The number of aryl methyl sites for hydroxylation is 1. The molecular formula is C31H32N4O4S2. The fourth-order valence-electron chi connectivity index (χ4n) is 4.66. The number of fused-ring (bicyclic) bond motifs is 1. The van der Waals surface area contributed by atoms with Gasteiger partial charge >= 0.3 is 5.97 Å². The third-order valence-electron chi connectivity index (χ3n) is 6.65. The lowest BCUT2D eigenvalue weighted by Gasteiger charge is -2.26. The molecule has 8 nitrogen and oxygen atoms in total. The van der Waals surface area contributed by atoms with Crippen LogP contribution in [0, 0.1) is 6.92 Å². The standard InChI is InChI=1S/C31H32N4O4S2/c1-6-8-23-26(29(37)38-7-2)27(21-11-9-20(10-12-21)18(3)4)35-28(36)24(40-31(35)34-23)17-22-13-14-25(39-22)41-30-32-16-15-19(5)33-30/h9-18,27H,6-8H2,1-5H3/b24-17+/t27-/m0/s1. The molecule has 1 aliphatic rings. The molecule has 5 rings (SSSR count). The van der Waals surface area contributed by atoms with Crippen LogP contribution in [0.3, 0.4) is 0 Å². The Bertz CT molecular complexity index is 1780. The summed E-state index contributed by atoms with van der Waals surface area (Å²) in [5, 5.41) is 1.20. The summed E-state index contributed by atoms with van der Waals surface area (Å²) in [6.45, 7) is 10.2. The molecule has 3 aromatic heterocycles. The van der Waals surface area contributed by atoms with Crippen LogP contribution in [0.2, 0.25) is 0 Å². The maximum absolute atomic E-state index is 13.9. The van der Waals surface area contributed by atoms with Crippen LogP contribution in [0.15, 0.2) is 84.4 Å². The van der Waals surface area contributed by atoms with Crippen molar-refractivity contribution in [3.05, 3.63) is 102 Å². The second-order valence-corrected chi connectivity index (χ2v) is 12.0. The van der Waals surface area contributed by atoms with Gasteiger partial charge in [-0.1, -0.05) is 62.8 Å². The molecule has 0 spiro atoms. The summed E-state index contributed by atoms with van der Waals surface area (Å²) in [4.78, 5) is 41.3. The van der Waals surface area contributed by atoms with E-state index in [1.54, 1.807) is 23.8 Å². The molecule has 0 unspecified atom stereocenters. The smallest absolute Gasteiger partial charge is 0.338 e. The molecule has 4 aromatic rings. The summed E-state index contributed by atoms with van der Waals surface area (Å²) in [7, 11) is 0. The van der Waals surface area contributed by atoms with Crippen LogP contribution < -0.4 is 14.9 Å². The van der Waals surface area contributed by atoms with Crippen LogP contribution in [-0.4, -0.2) is 27.1 Å². The lowest BCUT2D eigenvalue weighted by atomic mass is 9.92. The number of carbonyl (C=O) groups excluding carboxylic acids is 1. The SMILES string of the molecule is CCCC1=C(C(=O)OCC)[C@H](c2ccc(C(C)C)cc2)n2c(s/c(=C/c3ccc(Sc4nccc(C)n4)o3)c2=O)=N1. The molecule has 212 valence electrons. The summed E-state index contributed by atoms with van der Waals surface area (Å²) in [5.41, 5.74) is 3.72. The Morgan fingerprint density at radius 3 is 2.63 bits per heavy atom. The molecule has 10 heteroatoms. The van der Waals surface area contributed by atoms with Gasteiger partial charge in [-0.15, -0.1) is 0 Å². The molecule has 0 bridgehead atoms. The molecule has 0 amide bonds. The number of carbonyl (C=O) groups is 1. The van der Waals surface area contributed by atoms with E-state index < -0.39 is 12.0 Å². The second kappa shape index (κ2) is 12.4. The van der Waals surface area contributed by atoms with E-state index in [2.05, 4.69) is 35.9 Å². The molecule has 0 fully saturated rings. The van der Waals surface area contributed by atoms with Crippen molar-refractivity contribution in [2.24, 2.45) is 4.99 Å². The Morgan fingerprint density at radius 2 is 1.95 bits per heavy atom. The number of thiazole rings is 1. The Kier molecular flexibility index (Phi) is 8.70. The van der Waals surface area contributed by atoms with E-state index >= 15 is 0 Å². The highest BCUT2D eigenvalue weighted by atomic mass is 32.2. The largest absolute Gasteiger partial charge is 0.463 e. The maximum Gasteiger partial charge on any atom is 0.338 e. The van der Waals surface area contributed by atoms with E-state index in [1.165, 1.54) is 28.7 Å². The van der Waals surface area contributed by atoms with Crippen LogP contribution in [0.5, 0.6) is 0 Å². The van der Waals surface area contributed by atoms with Crippen LogP contribution in [0.4, 0.5) is 0 Å². The molecule has 0 radical (unpaired) electrons. The molecule has 1 aliphatic heterocycles. The van der Waals surface area contributed by atoms with Crippen LogP contribution in [-0.2, 0) is 9.53 Å². The minimum absolute atomic E-state index is 0.234. The average Bonchev–Trinajstić information content (AvgIpc) is 3.51. The molecule has 4 heterocycles. The number of hydrogen-bond acceptors (Lipinski definition) is 9. The Hall–Kier alpha value is -3.76. The lowest BCUT2D eigenvalue weighted by Crippen LogP contribution is -2.40. The zero-order valence-electron chi connectivity index (χ0n) is 23.7. The van der Waals surface area contributed by atoms with Gasteiger partial charge in [0.15, 0.2) is 15.1 Å². The van der Waals surface area contributed by atoms with Gasteiger partial charge in [-0.2, -0.15) is 0 Å². The van der Waals surface area contributed by atoms with E-state index in [0.717, 1.165) is 17.7 Å². The van der Waals surface area contributed by atoms with E-state index in [-0.39, 0.29) is 12.2 Å². The maximum atomic E-state index is 13.9. The highest BCUT2D eigenvalue weighted by molar-refractivity contribution is 7.99. The first-order valence-corrected chi connectivity index (χ1v) is 15.3. The van der Waals surface area contributed by atoms with Crippen molar-refractivity contribution in [3.63, 3.8) is 0 Å². The molecule has 1 atom stereocenters. The number of allylic oxidation sites excluding steroid dienone is 1. The third kappa shape index (κ3) is 6.13. The number of rotatable bonds is 9. The highest BCUT2D eigenvalue weighted by Crippen LogP contribution is 2.33. The number of ether oxygens (including phenoxy) is 1. The van der Waals surface area contributed by atoms with Crippen LogP contribution in [0.25, 0.3) is 6.08 Å². The highest BCUT2D eigenvalue weighted by Gasteiger charge is 2.34. The predicted octanol–water partition coefficient (Wildman–Crippen LogP) is 5.54. The van der Waals surface area contributed by atoms with Gasteiger partial charge in [0.05, 0.1) is 28.5 Å². The molecule has 0 saturated carbocycles. The van der Waals surface area contributed by atoms with Gasteiger partial charge in [0, 0.05) is 18.0 Å². The van der Waals surface area contributed by atoms with Gasteiger partial charge in [-0.3, -0.25) is 9.36 Å². The van der Waals surface area contributed by atoms with Crippen molar-refractivity contribution in [2.45, 2.75) is 69.7 Å². The number of aromatic nitrogens is 3. The van der Waals surface area contributed by atoms with Gasteiger partial charge in [-0.05, 0) is 67.3 Å². The van der Waals surface area contributed by atoms with Gasteiger partial charge in [0.1, 0.15) is 5.76 Å². The third-order valence-corrected chi connectivity index (χ3v) is 8.43. The first-order chi connectivity index (χ1) is 19.8. The van der Waals surface area contributed by atoms with Crippen LogP contribution in [0.1, 0.15) is 75.1 Å². The Morgan fingerprint density at radius 1 is 1.17 bits per heavy atom. The van der Waals surface area contributed by atoms with Gasteiger partial charge in [0.25, 0.3) is 5.56 Å². The minimum atomic E-state index is -0.642. The van der Waals surface area contributed by atoms with Crippen molar-refractivity contribution in [2.75, 3.05) is 6.61 Å². The monoisotopic (exact) mass is 588 g/mol. The molecule has 0 N–H and O–H groups in total. The Balaban J connectivity index is 1.61. The first kappa shape index (κ1) is 28.8. The predicted molar refractivity (Wildman–Crippen MR) is 160 cm³/mol. The number of esters is 1. The summed E-state index contributed by atoms with van der Waals surface area (Å²) in [6.07, 6.45) is 4.82. The van der Waals surface area contributed by atoms with Crippen LogP contribution >= 0.6 is 23.1 Å². The summed E-state index contributed by atoms with van der Waals surface area (Å²) in [5.74, 6) is 0.440. The average molecular weight is 589 g/mol. The van der Waals surface area contributed by atoms with Gasteiger partial charge in [0.2, 0.25) is 0 Å². The number of hydrogen-bond donors (Lipinski definition) is 0. The Labute approximate surface area is 246 Å². The summed E-state index contributed by atoms with van der Waals surface area (Å²) in [6, 6.07) is 12.9. The number of benzene rings is 1. The van der Waals surface area contributed by atoms with E-state index in [1.807, 2.05) is 44.2 Å². The van der Waals surface area contributed by atoms with Gasteiger partial charge < -0.3 is 9.15 Å². The molecule has 41 heavy (non-hydrogen) atoms. The number of nitrogens with zero attached hydrogens (tertiary/aromatic N) is 4. The van der Waals surface area contributed by atoms with E-state index in [0.29, 0.717) is 49.0 Å². The zero-order valence-corrected chi connectivity index (χ0v) is 25.3. The molecular weight excluding hydrogens is 556 g/mol. The van der Waals surface area contributed by atoms with Crippen molar-refractivity contribution in [1.82, 2.24) is 14.5 Å². The summed E-state index contributed by atoms with van der Waals surface area (Å²) >= 11 is 2.60. The lowest BCUT2D eigenvalue weighted by molar-refractivity contribution is -0.139. The topological polar surface area (TPSA) is 99.6 Å². The fourth-order valence-corrected chi connectivity index (χ4v) is 6.42. The molecule has 0 aliphatic carbocycles. The molecule has 0 saturated heterocycles. The van der Waals surface area contributed by atoms with E-state index in [9.17, 15) is 9.59 Å². The van der Waals surface area contributed by atoms with E-state index in [4.69, 9.17) is 14.1 Å². The quantitative estimate of drug-likeness (QED) is 0.187. The second-order valence-electron chi connectivity index (χ2n) is 9.97. The zero-order chi connectivity index (χ0) is 29.1. The fraction of sp³-hybridized carbons (Fsp3) is 0.323. The minimum Gasteiger partial charge on any atom is -0.463 e. The first-order valence-electron chi connectivity index (χ1n) is 13.7. The van der Waals surface area contributed by atoms with Crippen molar-refractivity contribution in [1.29, 1.82) is 0 Å². The summed E-state index contributed by atoms with van der Waals surface area (Å²) < 4.78 is 13.6. The number of furan rings is 1. The molecule has 1 aromatic carbocycles. The normalized spacial score (nSPS) is 15.3. The van der Waals surface area contributed by atoms with Crippen molar-refractivity contribution < 1.29 is 13.9 Å². The van der Waals surface area contributed by atoms with Crippen molar-refractivity contribution in [3.8, 4) is 0 Å².